The first kappa shape index (κ1) is 16.9. The number of carbonyl (C=O) groups is 1. The van der Waals surface area contributed by atoms with Crippen molar-refractivity contribution in [3.8, 4) is 0 Å². The summed E-state index contributed by atoms with van der Waals surface area (Å²) >= 11 is 0. The van der Waals surface area contributed by atoms with Gasteiger partial charge in [-0.05, 0) is 36.6 Å². The lowest BCUT2D eigenvalue weighted by atomic mass is 10.0. The molecule has 1 aliphatic carbocycles. The number of hydrogen-bond donors (Lipinski definition) is 1. The molecule has 1 saturated carbocycles. The van der Waals surface area contributed by atoms with Crippen molar-refractivity contribution in [3.63, 3.8) is 0 Å². The van der Waals surface area contributed by atoms with Crippen LogP contribution in [0, 0.1) is 5.82 Å². The van der Waals surface area contributed by atoms with Crippen LogP contribution in [0.2, 0.25) is 0 Å². The second-order valence-electron chi connectivity index (χ2n) is 7.24. The summed E-state index contributed by atoms with van der Waals surface area (Å²) < 4.78 is 13.3. The number of nitrogens with zero attached hydrogens (tertiary/aromatic N) is 3. The summed E-state index contributed by atoms with van der Waals surface area (Å²) in [6.45, 7) is 1.00. The smallest absolute Gasteiger partial charge is 0.225 e. The average molecular weight is 354 g/mol. The Labute approximate surface area is 152 Å². The summed E-state index contributed by atoms with van der Waals surface area (Å²) in [5.41, 5.74) is 1.90. The Kier molecular flexibility index (Phi) is 4.82. The van der Waals surface area contributed by atoms with Gasteiger partial charge >= 0.3 is 0 Å². The number of hydrogen-bond acceptors (Lipinski definition) is 4. The fourth-order valence-corrected chi connectivity index (χ4v) is 3.95. The summed E-state index contributed by atoms with van der Waals surface area (Å²) in [4.78, 5) is 23.0. The molecule has 2 fully saturated rings. The van der Waals surface area contributed by atoms with Gasteiger partial charge in [-0.25, -0.2) is 14.4 Å². The largest absolute Gasteiger partial charge is 0.349 e. The van der Waals surface area contributed by atoms with E-state index in [1.165, 1.54) is 37.8 Å². The van der Waals surface area contributed by atoms with Crippen LogP contribution in [0.1, 0.15) is 49.3 Å². The van der Waals surface area contributed by atoms with Gasteiger partial charge in [-0.15, -0.1) is 0 Å². The molecular weight excluding hydrogens is 331 g/mol. The van der Waals surface area contributed by atoms with Crippen LogP contribution in [0.4, 0.5) is 10.3 Å². The second kappa shape index (κ2) is 7.40. The molecule has 1 amide bonds. The van der Waals surface area contributed by atoms with Gasteiger partial charge in [0.1, 0.15) is 5.82 Å². The van der Waals surface area contributed by atoms with Crippen LogP contribution >= 0.6 is 0 Å². The lowest BCUT2D eigenvalue weighted by Gasteiger charge is -2.17. The second-order valence-corrected chi connectivity index (χ2v) is 7.24. The lowest BCUT2D eigenvalue weighted by Crippen LogP contribution is -2.28. The molecule has 0 unspecified atom stereocenters. The van der Waals surface area contributed by atoms with E-state index in [9.17, 15) is 9.18 Å². The van der Waals surface area contributed by atoms with Gasteiger partial charge in [0, 0.05) is 37.3 Å². The lowest BCUT2D eigenvalue weighted by molar-refractivity contribution is -0.128. The van der Waals surface area contributed by atoms with Gasteiger partial charge in [-0.1, -0.05) is 25.0 Å². The number of nitrogens with one attached hydrogen (secondary N) is 1. The van der Waals surface area contributed by atoms with Gasteiger partial charge < -0.3 is 10.2 Å². The van der Waals surface area contributed by atoms with Crippen molar-refractivity contribution in [1.82, 2.24) is 14.9 Å². The maximum Gasteiger partial charge on any atom is 0.225 e. The van der Waals surface area contributed by atoms with E-state index in [1.807, 2.05) is 12.1 Å². The third-order valence-corrected chi connectivity index (χ3v) is 5.26. The molecule has 136 valence electrons. The van der Waals surface area contributed by atoms with Gasteiger partial charge in [0.2, 0.25) is 11.9 Å². The zero-order chi connectivity index (χ0) is 17.9. The third kappa shape index (κ3) is 3.84. The first-order valence-electron chi connectivity index (χ1n) is 9.29. The van der Waals surface area contributed by atoms with Crippen molar-refractivity contribution in [2.24, 2.45) is 0 Å². The minimum absolute atomic E-state index is 0.0186. The van der Waals surface area contributed by atoms with Gasteiger partial charge in [-0.3, -0.25) is 4.79 Å². The quantitative estimate of drug-likeness (QED) is 0.893. The van der Waals surface area contributed by atoms with Crippen LogP contribution in [0.25, 0.3) is 0 Å². The predicted octanol–water partition coefficient (Wildman–Crippen LogP) is 3.49. The zero-order valence-corrected chi connectivity index (χ0v) is 14.7. The number of likely N-dealkylation sites (tertiary alicyclic amines) is 1. The highest BCUT2D eigenvalue weighted by atomic mass is 19.1. The Morgan fingerprint density at radius 2 is 2.08 bits per heavy atom. The molecule has 1 saturated heterocycles. The molecule has 0 spiro atoms. The summed E-state index contributed by atoms with van der Waals surface area (Å²) in [5, 5.41) is 3.30. The van der Waals surface area contributed by atoms with Crippen molar-refractivity contribution in [3.05, 3.63) is 53.6 Å². The highest BCUT2D eigenvalue weighted by molar-refractivity contribution is 5.79. The zero-order valence-electron chi connectivity index (χ0n) is 14.7. The first-order valence-corrected chi connectivity index (χ1v) is 9.29. The van der Waals surface area contributed by atoms with E-state index in [2.05, 4.69) is 15.3 Å². The Bertz CT molecular complexity index is 791. The molecule has 5 nitrogen and oxygen atoms in total. The summed E-state index contributed by atoms with van der Waals surface area (Å²) in [7, 11) is 0. The van der Waals surface area contributed by atoms with E-state index in [0.29, 0.717) is 31.4 Å². The van der Waals surface area contributed by atoms with Crippen molar-refractivity contribution >= 4 is 11.9 Å². The van der Waals surface area contributed by atoms with Gasteiger partial charge in [0.15, 0.2) is 0 Å². The van der Waals surface area contributed by atoms with E-state index in [1.54, 1.807) is 17.2 Å². The van der Waals surface area contributed by atoms with Crippen LogP contribution in [0.5, 0.6) is 0 Å². The Balaban J connectivity index is 1.39. The number of aromatic nitrogens is 2. The minimum atomic E-state index is -0.277. The van der Waals surface area contributed by atoms with Crippen LogP contribution in [-0.4, -0.2) is 33.4 Å². The Morgan fingerprint density at radius 3 is 2.88 bits per heavy atom. The Hall–Kier alpha value is -2.50. The third-order valence-electron chi connectivity index (χ3n) is 5.26. The normalized spacial score (nSPS) is 20.7. The topological polar surface area (TPSA) is 58.1 Å². The number of rotatable bonds is 5. The SMILES string of the molecule is O=C1C[C@@H](Nc2nccc(C3CCCC3)n2)CN1Cc1cccc(F)c1. The highest BCUT2D eigenvalue weighted by Crippen LogP contribution is 2.33. The molecule has 2 heterocycles. The highest BCUT2D eigenvalue weighted by Gasteiger charge is 2.30. The average Bonchev–Trinajstić information content (AvgIpc) is 3.26. The van der Waals surface area contributed by atoms with Crippen molar-refractivity contribution in [2.75, 3.05) is 11.9 Å². The molecule has 1 N–H and O–H groups in total. The molecule has 1 aromatic carbocycles. The van der Waals surface area contributed by atoms with E-state index in [0.717, 1.165) is 11.3 Å². The molecule has 6 heteroatoms. The summed E-state index contributed by atoms with van der Waals surface area (Å²) in [6.07, 6.45) is 7.13. The van der Waals surface area contributed by atoms with Gasteiger partial charge in [0.05, 0.1) is 6.04 Å². The monoisotopic (exact) mass is 354 g/mol. The molecule has 1 aromatic heterocycles. The van der Waals surface area contributed by atoms with Crippen LogP contribution < -0.4 is 5.32 Å². The van der Waals surface area contributed by atoms with Crippen molar-refractivity contribution in [2.45, 2.75) is 50.6 Å². The molecule has 1 atom stereocenters. The maximum absolute atomic E-state index is 13.3. The molecule has 26 heavy (non-hydrogen) atoms. The van der Waals surface area contributed by atoms with Gasteiger partial charge in [-0.2, -0.15) is 0 Å². The number of carbonyl (C=O) groups excluding carboxylic acids is 1. The molecule has 2 aromatic rings. The van der Waals surface area contributed by atoms with Crippen LogP contribution in [-0.2, 0) is 11.3 Å². The fourth-order valence-electron chi connectivity index (χ4n) is 3.95. The molecule has 2 aliphatic rings. The standard InChI is InChI=1S/C20H23FN4O/c21-16-7-3-4-14(10-16)12-25-13-17(11-19(25)26)23-20-22-9-8-18(24-20)15-5-1-2-6-15/h3-4,7-10,15,17H,1-2,5-6,11-13H2,(H,22,23,24)/t17-/m1/s1. The molecule has 0 bridgehead atoms. The van der Waals surface area contributed by atoms with E-state index < -0.39 is 0 Å². The number of halogens is 1. The predicted molar refractivity (Wildman–Crippen MR) is 97.1 cm³/mol. The maximum atomic E-state index is 13.3. The molecule has 1 aliphatic heterocycles. The van der Waals surface area contributed by atoms with Crippen molar-refractivity contribution < 1.29 is 9.18 Å². The summed E-state index contributed by atoms with van der Waals surface area (Å²) in [5.74, 6) is 0.924. The van der Waals surface area contributed by atoms with Gasteiger partial charge in [0.25, 0.3) is 0 Å². The molecule has 4 rings (SSSR count). The number of anilines is 1. The summed E-state index contributed by atoms with van der Waals surface area (Å²) in [6, 6.07) is 8.37. The van der Waals surface area contributed by atoms with E-state index in [-0.39, 0.29) is 17.8 Å². The van der Waals surface area contributed by atoms with Crippen molar-refractivity contribution in [1.29, 1.82) is 0 Å². The van der Waals surface area contributed by atoms with E-state index >= 15 is 0 Å². The van der Waals surface area contributed by atoms with Crippen LogP contribution in [0.15, 0.2) is 36.5 Å². The minimum Gasteiger partial charge on any atom is -0.349 e. The van der Waals surface area contributed by atoms with Crippen LogP contribution in [0.3, 0.4) is 0 Å². The molecular formula is C20H23FN4O. The first-order chi connectivity index (χ1) is 12.7. The molecule has 0 radical (unpaired) electrons. The Morgan fingerprint density at radius 1 is 1.23 bits per heavy atom. The fraction of sp³-hybridized carbons (Fsp3) is 0.450. The number of benzene rings is 1. The van der Waals surface area contributed by atoms with E-state index in [4.69, 9.17) is 0 Å². The number of amides is 1.